The van der Waals surface area contributed by atoms with Gasteiger partial charge in [0, 0.05) is 5.57 Å². The van der Waals surface area contributed by atoms with Crippen LogP contribution >= 0.6 is 0 Å². The van der Waals surface area contributed by atoms with Gasteiger partial charge < -0.3 is 14.2 Å². The number of epoxide rings is 1. The Morgan fingerprint density at radius 1 is 1.45 bits per heavy atom. The second kappa shape index (κ2) is 6.91. The molecule has 1 aromatic carbocycles. The Kier molecular flexibility index (Phi) is 4.96. The van der Waals surface area contributed by atoms with Gasteiger partial charge in [0.1, 0.15) is 25.1 Å². The Hall–Kier alpha value is -2.07. The minimum atomic E-state index is -0.374. The highest BCUT2D eigenvalue weighted by Crippen LogP contribution is 2.16. The zero-order valence-corrected chi connectivity index (χ0v) is 11.5. The summed E-state index contributed by atoms with van der Waals surface area (Å²) in [5.41, 5.74) is 1.42. The Labute approximate surface area is 118 Å². The quantitative estimate of drug-likeness (QED) is 0.435. The number of rotatable bonds is 7. The van der Waals surface area contributed by atoms with Crippen LogP contribution in [0.1, 0.15) is 12.5 Å². The molecular formula is C16H18O4. The number of carbonyl (C=O) groups excluding carboxylic acids is 1. The summed E-state index contributed by atoms with van der Waals surface area (Å²) >= 11 is 0. The van der Waals surface area contributed by atoms with Crippen LogP contribution in [0.4, 0.5) is 0 Å². The van der Waals surface area contributed by atoms with Crippen LogP contribution < -0.4 is 4.74 Å². The molecule has 1 unspecified atom stereocenters. The van der Waals surface area contributed by atoms with Crippen molar-refractivity contribution in [1.29, 1.82) is 0 Å². The van der Waals surface area contributed by atoms with Crippen molar-refractivity contribution in [2.75, 3.05) is 19.8 Å². The monoisotopic (exact) mass is 274 g/mol. The SMILES string of the molecule is C=C(C)C(=O)OC/C=C/c1ccc(OCC2CO2)cc1. The minimum absolute atomic E-state index is 0.239. The largest absolute Gasteiger partial charge is 0.491 e. The number of carbonyl (C=O) groups is 1. The zero-order chi connectivity index (χ0) is 14.4. The molecular weight excluding hydrogens is 256 g/mol. The van der Waals surface area contributed by atoms with E-state index in [1.54, 1.807) is 13.0 Å². The van der Waals surface area contributed by atoms with Crippen LogP contribution in [-0.4, -0.2) is 31.9 Å². The van der Waals surface area contributed by atoms with E-state index < -0.39 is 0 Å². The summed E-state index contributed by atoms with van der Waals surface area (Å²) in [6.45, 7) is 6.77. The van der Waals surface area contributed by atoms with Crippen LogP contribution in [0.15, 0.2) is 42.5 Å². The van der Waals surface area contributed by atoms with Gasteiger partial charge in [-0.15, -0.1) is 0 Å². The maximum Gasteiger partial charge on any atom is 0.333 e. The average Bonchev–Trinajstić information content (AvgIpc) is 3.26. The van der Waals surface area contributed by atoms with Crippen LogP contribution in [0.3, 0.4) is 0 Å². The second-order valence-corrected chi connectivity index (χ2v) is 4.62. The van der Waals surface area contributed by atoms with Crippen molar-refractivity contribution in [3.8, 4) is 5.75 Å². The van der Waals surface area contributed by atoms with Crippen molar-refractivity contribution < 1.29 is 19.0 Å². The lowest BCUT2D eigenvalue weighted by Crippen LogP contribution is -2.04. The summed E-state index contributed by atoms with van der Waals surface area (Å²) < 4.78 is 15.6. The number of ether oxygens (including phenoxy) is 3. The molecule has 0 aromatic heterocycles. The van der Waals surface area contributed by atoms with Crippen molar-refractivity contribution in [2.24, 2.45) is 0 Å². The van der Waals surface area contributed by atoms with Gasteiger partial charge in [-0.2, -0.15) is 0 Å². The van der Waals surface area contributed by atoms with Gasteiger partial charge in [0.25, 0.3) is 0 Å². The highest BCUT2D eigenvalue weighted by atomic mass is 16.6. The van der Waals surface area contributed by atoms with Gasteiger partial charge in [0.2, 0.25) is 0 Å². The molecule has 1 saturated heterocycles. The third kappa shape index (κ3) is 4.90. The Morgan fingerprint density at radius 2 is 2.15 bits per heavy atom. The average molecular weight is 274 g/mol. The van der Waals surface area contributed by atoms with E-state index in [1.165, 1.54) is 0 Å². The molecule has 106 valence electrons. The highest BCUT2D eigenvalue weighted by Gasteiger charge is 2.22. The molecule has 4 nitrogen and oxygen atoms in total. The first kappa shape index (κ1) is 14.3. The molecule has 0 aliphatic carbocycles. The van der Waals surface area contributed by atoms with Gasteiger partial charge in [-0.1, -0.05) is 24.8 Å². The molecule has 20 heavy (non-hydrogen) atoms. The van der Waals surface area contributed by atoms with Crippen molar-refractivity contribution in [3.05, 3.63) is 48.1 Å². The number of hydrogen-bond donors (Lipinski definition) is 0. The molecule has 4 heteroatoms. The molecule has 1 fully saturated rings. The number of esters is 1. The van der Waals surface area contributed by atoms with Gasteiger partial charge in [-0.05, 0) is 30.7 Å². The second-order valence-electron chi connectivity index (χ2n) is 4.62. The van der Waals surface area contributed by atoms with Crippen molar-refractivity contribution in [1.82, 2.24) is 0 Å². The van der Waals surface area contributed by atoms with Crippen molar-refractivity contribution in [2.45, 2.75) is 13.0 Å². The van der Waals surface area contributed by atoms with E-state index in [1.807, 2.05) is 30.3 Å². The first-order chi connectivity index (χ1) is 9.65. The fraction of sp³-hybridized carbons (Fsp3) is 0.312. The Balaban J connectivity index is 1.74. The van der Waals surface area contributed by atoms with Gasteiger partial charge in [0.15, 0.2) is 0 Å². The molecule has 0 radical (unpaired) electrons. The standard InChI is InChI=1S/C16H18O4/c1-12(2)16(17)18-9-3-4-13-5-7-14(8-6-13)19-10-15-11-20-15/h3-8,15H,1,9-11H2,2H3/b4-3+. The lowest BCUT2D eigenvalue weighted by Gasteiger charge is -2.04. The molecule has 1 aromatic rings. The number of benzene rings is 1. The third-order valence-corrected chi connectivity index (χ3v) is 2.69. The van der Waals surface area contributed by atoms with Crippen LogP contribution in [0.2, 0.25) is 0 Å². The maximum atomic E-state index is 11.1. The van der Waals surface area contributed by atoms with Crippen LogP contribution in [-0.2, 0) is 14.3 Å². The molecule has 1 heterocycles. The summed E-state index contributed by atoms with van der Waals surface area (Å²) in [6.07, 6.45) is 3.94. The minimum Gasteiger partial charge on any atom is -0.491 e. The Bertz CT molecular complexity index is 498. The van der Waals surface area contributed by atoms with E-state index in [-0.39, 0.29) is 18.7 Å². The van der Waals surface area contributed by atoms with Crippen LogP contribution in [0.25, 0.3) is 6.08 Å². The van der Waals surface area contributed by atoms with E-state index >= 15 is 0 Å². The lowest BCUT2D eigenvalue weighted by atomic mass is 10.2. The van der Waals surface area contributed by atoms with Gasteiger partial charge in [-0.3, -0.25) is 0 Å². The normalized spacial score (nSPS) is 16.9. The molecule has 0 spiro atoms. The predicted octanol–water partition coefficient (Wildman–Crippen LogP) is 2.60. The fourth-order valence-corrected chi connectivity index (χ4v) is 1.46. The summed E-state index contributed by atoms with van der Waals surface area (Å²) in [5.74, 6) is 0.451. The molecule has 0 amide bonds. The van der Waals surface area contributed by atoms with E-state index in [0.717, 1.165) is 17.9 Å². The third-order valence-electron chi connectivity index (χ3n) is 2.69. The zero-order valence-electron chi connectivity index (χ0n) is 11.5. The summed E-state index contributed by atoms with van der Waals surface area (Å²) in [5, 5.41) is 0. The predicted molar refractivity (Wildman–Crippen MR) is 76.5 cm³/mol. The molecule has 2 rings (SSSR count). The molecule has 1 aliphatic rings. The molecule has 1 aliphatic heterocycles. The fourth-order valence-electron chi connectivity index (χ4n) is 1.46. The Morgan fingerprint density at radius 3 is 2.75 bits per heavy atom. The van der Waals surface area contributed by atoms with Crippen LogP contribution in [0, 0.1) is 0 Å². The first-order valence-corrected chi connectivity index (χ1v) is 6.49. The molecule has 0 N–H and O–H groups in total. The van der Waals surface area contributed by atoms with Crippen molar-refractivity contribution >= 4 is 12.0 Å². The smallest absolute Gasteiger partial charge is 0.333 e. The van der Waals surface area contributed by atoms with Crippen molar-refractivity contribution in [3.63, 3.8) is 0 Å². The van der Waals surface area contributed by atoms with E-state index in [0.29, 0.717) is 12.2 Å². The van der Waals surface area contributed by atoms with Gasteiger partial charge in [0.05, 0.1) is 6.61 Å². The molecule has 0 bridgehead atoms. The van der Waals surface area contributed by atoms with E-state index in [4.69, 9.17) is 14.2 Å². The number of hydrogen-bond acceptors (Lipinski definition) is 4. The van der Waals surface area contributed by atoms with Gasteiger partial charge >= 0.3 is 5.97 Å². The van der Waals surface area contributed by atoms with E-state index in [2.05, 4.69) is 6.58 Å². The lowest BCUT2D eigenvalue weighted by molar-refractivity contribution is -0.137. The first-order valence-electron chi connectivity index (χ1n) is 6.49. The van der Waals surface area contributed by atoms with Gasteiger partial charge in [-0.25, -0.2) is 4.79 Å². The summed E-state index contributed by atoms with van der Waals surface area (Å²) in [6, 6.07) is 7.70. The summed E-state index contributed by atoms with van der Waals surface area (Å²) in [7, 11) is 0. The molecule has 0 saturated carbocycles. The maximum absolute atomic E-state index is 11.1. The molecule has 1 atom stereocenters. The van der Waals surface area contributed by atoms with E-state index in [9.17, 15) is 4.79 Å². The highest BCUT2D eigenvalue weighted by molar-refractivity contribution is 5.87. The summed E-state index contributed by atoms with van der Waals surface area (Å²) in [4.78, 5) is 11.1. The topological polar surface area (TPSA) is 48.1 Å². The van der Waals surface area contributed by atoms with Crippen LogP contribution in [0.5, 0.6) is 5.75 Å².